The molecule has 0 saturated carbocycles. The molecule has 3 rings (SSSR count). The van der Waals surface area contributed by atoms with E-state index in [-0.39, 0.29) is 42.1 Å². The molecule has 2 heterocycles. The van der Waals surface area contributed by atoms with Gasteiger partial charge in [0, 0.05) is 17.7 Å². The Morgan fingerprint density at radius 1 is 1.00 bits per heavy atom. The number of carboxylic acid groups (broad SMARTS) is 2. The van der Waals surface area contributed by atoms with Crippen molar-refractivity contribution in [2.75, 3.05) is 10.6 Å². The van der Waals surface area contributed by atoms with Gasteiger partial charge in [-0.1, -0.05) is 27.7 Å². The van der Waals surface area contributed by atoms with Crippen molar-refractivity contribution in [2.24, 2.45) is 17.3 Å². The Bertz CT molecular complexity index is 1580. The number of aromatic nitrogens is 4. The van der Waals surface area contributed by atoms with E-state index in [0.29, 0.717) is 11.4 Å². The Morgan fingerprint density at radius 2 is 1.67 bits per heavy atom. The number of anilines is 2. The lowest BCUT2D eigenvalue weighted by molar-refractivity contribution is -0.148. The largest absolute Gasteiger partial charge is 0.481 e. The number of amides is 3. The maximum Gasteiger partial charge on any atom is 0.307 e. The van der Waals surface area contributed by atoms with Gasteiger partial charge in [-0.25, -0.2) is 9.97 Å². The maximum absolute atomic E-state index is 12.9. The number of hydrogen-bond acceptors (Lipinski definition) is 10. The molecule has 222 valence electrons. The van der Waals surface area contributed by atoms with E-state index < -0.39 is 52.5 Å². The number of aromatic amines is 1. The number of aliphatic carboxylic acids is 2. The van der Waals surface area contributed by atoms with Crippen molar-refractivity contribution in [1.29, 1.82) is 0 Å². The van der Waals surface area contributed by atoms with Crippen LogP contribution in [0.1, 0.15) is 56.6 Å². The van der Waals surface area contributed by atoms with Crippen molar-refractivity contribution in [3.63, 3.8) is 0 Å². The van der Waals surface area contributed by atoms with Gasteiger partial charge in [0.2, 0.25) is 17.8 Å². The fourth-order valence-electron chi connectivity index (χ4n) is 4.22. The van der Waals surface area contributed by atoms with Crippen molar-refractivity contribution in [3.05, 3.63) is 52.1 Å². The number of carboxylic acids is 2. The average molecular weight is 582 g/mol. The topological polar surface area (TPSA) is 233 Å². The van der Waals surface area contributed by atoms with Crippen molar-refractivity contribution in [2.45, 2.75) is 47.1 Å². The number of rotatable bonds is 11. The van der Waals surface area contributed by atoms with Gasteiger partial charge in [0.05, 0.1) is 36.7 Å². The van der Waals surface area contributed by atoms with Gasteiger partial charge in [-0.15, -0.1) is 0 Å². The first kappa shape index (κ1) is 31.3. The molecule has 0 aliphatic heterocycles. The summed E-state index contributed by atoms with van der Waals surface area (Å²) in [6.45, 7) is 6.83. The summed E-state index contributed by atoms with van der Waals surface area (Å²) >= 11 is 0. The lowest BCUT2D eigenvalue weighted by Gasteiger charge is -2.32. The number of hydrogen-bond donors (Lipinski definition) is 6. The maximum atomic E-state index is 12.9. The minimum absolute atomic E-state index is 0.0235. The van der Waals surface area contributed by atoms with E-state index in [4.69, 9.17) is 5.11 Å². The molecule has 6 N–H and O–H groups in total. The number of carbonyl (C=O) groups is 5. The number of nitrogens with one attached hydrogen (secondary N) is 4. The first-order chi connectivity index (χ1) is 19.6. The van der Waals surface area contributed by atoms with Crippen LogP contribution in [-0.4, -0.2) is 59.8 Å². The number of imide groups is 1. The molecule has 15 nitrogen and oxygen atoms in total. The highest BCUT2D eigenvalue weighted by Gasteiger charge is 2.39. The van der Waals surface area contributed by atoms with Gasteiger partial charge in [0.15, 0.2) is 11.2 Å². The first-order valence-electron chi connectivity index (χ1n) is 12.8. The quantitative estimate of drug-likeness (QED) is 0.190. The fraction of sp³-hybridized carbons (Fsp3) is 0.370. The third-order valence-corrected chi connectivity index (χ3v) is 6.25. The zero-order valence-corrected chi connectivity index (χ0v) is 23.3. The SMILES string of the molecule is CC(C(=O)O)C(C(=O)Nc1nc2ncc(CNc3ccc(C(=O)NC(=O)CCC(=O)O)cc3)nc2c(=O)[nH]1)C(C)(C)C. The van der Waals surface area contributed by atoms with Crippen LogP contribution in [0.4, 0.5) is 11.6 Å². The smallest absolute Gasteiger partial charge is 0.307 e. The van der Waals surface area contributed by atoms with E-state index >= 15 is 0 Å². The van der Waals surface area contributed by atoms with Crippen LogP contribution in [0, 0.1) is 17.3 Å². The van der Waals surface area contributed by atoms with Gasteiger partial charge in [-0.05, 0) is 29.7 Å². The summed E-state index contributed by atoms with van der Waals surface area (Å²) in [6, 6.07) is 6.12. The number of nitrogens with zero attached hydrogens (tertiary/aromatic N) is 3. The minimum atomic E-state index is -1.14. The van der Waals surface area contributed by atoms with Crippen LogP contribution in [0.5, 0.6) is 0 Å². The van der Waals surface area contributed by atoms with E-state index in [1.54, 1.807) is 32.9 Å². The summed E-state index contributed by atoms with van der Waals surface area (Å²) in [5.41, 5.74) is -0.253. The molecular weight excluding hydrogens is 550 g/mol. The molecule has 42 heavy (non-hydrogen) atoms. The number of benzene rings is 1. The summed E-state index contributed by atoms with van der Waals surface area (Å²) in [5, 5.41) is 25.7. The van der Waals surface area contributed by atoms with E-state index in [9.17, 15) is 33.9 Å². The molecule has 3 amide bonds. The Labute approximate surface area is 239 Å². The third-order valence-electron chi connectivity index (χ3n) is 6.25. The predicted molar refractivity (Wildman–Crippen MR) is 149 cm³/mol. The summed E-state index contributed by atoms with van der Waals surface area (Å²) in [7, 11) is 0. The Morgan fingerprint density at radius 3 is 2.26 bits per heavy atom. The Hall–Kier alpha value is -5.21. The molecule has 3 aromatic rings. The number of fused-ring (bicyclic) bond motifs is 1. The highest BCUT2D eigenvalue weighted by molar-refractivity contribution is 6.05. The van der Waals surface area contributed by atoms with E-state index in [1.165, 1.54) is 25.3 Å². The molecule has 1 aromatic carbocycles. The zero-order chi connectivity index (χ0) is 31.2. The molecule has 0 saturated heterocycles. The average Bonchev–Trinajstić information content (AvgIpc) is 2.90. The molecule has 0 aliphatic carbocycles. The van der Waals surface area contributed by atoms with Crippen LogP contribution in [0.25, 0.3) is 11.2 Å². The third kappa shape index (κ3) is 8.16. The highest BCUT2D eigenvalue weighted by atomic mass is 16.4. The molecule has 2 unspecified atom stereocenters. The van der Waals surface area contributed by atoms with Gasteiger partial charge in [0.1, 0.15) is 0 Å². The summed E-state index contributed by atoms with van der Waals surface area (Å²) in [6.07, 6.45) is 0.693. The molecule has 0 spiro atoms. The van der Waals surface area contributed by atoms with Crippen LogP contribution in [0.2, 0.25) is 0 Å². The molecular formula is C27H31N7O8. The van der Waals surface area contributed by atoms with E-state index in [2.05, 4.69) is 35.9 Å². The van der Waals surface area contributed by atoms with Gasteiger partial charge in [-0.2, -0.15) is 4.98 Å². The molecule has 0 fully saturated rings. The first-order valence-corrected chi connectivity index (χ1v) is 12.8. The molecule has 15 heteroatoms. The van der Waals surface area contributed by atoms with Crippen molar-refractivity contribution < 1.29 is 34.2 Å². The highest BCUT2D eigenvalue weighted by Crippen LogP contribution is 2.33. The molecule has 2 aromatic heterocycles. The van der Waals surface area contributed by atoms with Crippen LogP contribution in [-0.2, 0) is 25.7 Å². The van der Waals surface area contributed by atoms with Gasteiger partial charge >= 0.3 is 11.9 Å². The van der Waals surface area contributed by atoms with Crippen molar-refractivity contribution >= 4 is 52.5 Å². The van der Waals surface area contributed by atoms with Crippen LogP contribution < -0.4 is 21.5 Å². The summed E-state index contributed by atoms with van der Waals surface area (Å²) in [4.78, 5) is 86.6. The van der Waals surface area contributed by atoms with Crippen molar-refractivity contribution in [3.8, 4) is 0 Å². The second-order valence-electron chi connectivity index (χ2n) is 10.6. The van der Waals surface area contributed by atoms with Crippen LogP contribution in [0.15, 0.2) is 35.3 Å². The fourth-order valence-corrected chi connectivity index (χ4v) is 4.22. The molecule has 0 bridgehead atoms. The monoisotopic (exact) mass is 581 g/mol. The molecule has 2 atom stereocenters. The van der Waals surface area contributed by atoms with Gasteiger partial charge in [0.25, 0.3) is 11.5 Å². The molecule has 0 radical (unpaired) electrons. The lowest BCUT2D eigenvalue weighted by Crippen LogP contribution is -2.41. The Kier molecular flexibility index (Phi) is 9.67. The van der Waals surface area contributed by atoms with Crippen molar-refractivity contribution in [1.82, 2.24) is 25.3 Å². The second-order valence-corrected chi connectivity index (χ2v) is 10.6. The zero-order valence-electron chi connectivity index (χ0n) is 23.3. The summed E-state index contributed by atoms with van der Waals surface area (Å²) < 4.78 is 0. The standard InChI is InChI=1S/C27H31N7O8/c1-13(25(41)42)19(27(2,3)4)23(39)33-26-32-21-20(24(40)34-26)30-16(12-29-21)11-28-15-7-5-14(6-8-15)22(38)31-17(35)9-10-18(36)37/h5-8,12-13,19,28H,9-11H2,1-4H3,(H,36,37)(H,41,42)(H,31,35,38)(H2,29,32,33,34,39,40). The minimum Gasteiger partial charge on any atom is -0.481 e. The van der Waals surface area contributed by atoms with Gasteiger partial charge in [-0.3, -0.25) is 44.4 Å². The lowest BCUT2D eigenvalue weighted by atomic mass is 9.73. The summed E-state index contributed by atoms with van der Waals surface area (Å²) in [5.74, 6) is -6.31. The van der Waals surface area contributed by atoms with Gasteiger partial charge < -0.3 is 15.5 Å². The van der Waals surface area contributed by atoms with Crippen LogP contribution >= 0.6 is 0 Å². The normalized spacial score (nSPS) is 12.7. The van der Waals surface area contributed by atoms with Crippen LogP contribution in [0.3, 0.4) is 0 Å². The predicted octanol–water partition coefficient (Wildman–Crippen LogP) is 1.77. The second kappa shape index (κ2) is 13.0. The number of carbonyl (C=O) groups excluding carboxylic acids is 3. The Balaban J connectivity index is 1.66. The van der Waals surface area contributed by atoms with E-state index in [0.717, 1.165) is 0 Å². The molecule has 0 aliphatic rings. The number of H-pyrrole nitrogens is 1. The van der Waals surface area contributed by atoms with E-state index in [1.807, 2.05) is 0 Å².